The van der Waals surface area contributed by atoms with Crippen molar-refractivity contribution in [1.82, 2.24) is 14.2 Å². The molecule has 10 heteroatoms. The largest absolute Gasteiger partial charge is 0.302 e. The van der Waals surface area contributed by atoms with E-state index in [0.29, 0.717) is 23.8 Å². The number of sulfonamides is 1. The molecule has 1 unspecified atom stereocenters. The number of carbonyl (C=O) groups is 1. The number of aromatic nitrogens is 1. The van der Waals surface area contributed by atoms with Crippen molar-refractivity contribution in [2.24, 2.45) is 0 Å². The molecule has 38 heavy (non-hydrogen) atoms. The van der Waals surface area contributed by atoms with Crippen LogP contribution in [0.25, 0.3) is 10.2 Å². The van der Waals surface area contributed by atoms with Gasteiger partial charge in [0.2, 0.25) is 10.0 Å². The molecule has 1 amide bonds. The quantitative estimate of drug-likeness (QED) is 0.296. The number of hydrogen-bond donors (Lipinski definition) is 0. The minimum absolute atomic E-state index is 0. The monoisotopic (exact) mass is 578 g/mol. The Hall–Kier alpha value is -2.04. The average molecular weight is 579 g/mol. The lowest BCUT2D eigenvalue weighted by atomic mass is 10.0. The van der Waals surface area contributed by atoms with Gasteiger partial charge in [0, 0.05) is 31.2 Å². The molecular formula is C28H39ClN4O3S2. The molecule has 1 saturated heterocycles. The lowest BCUT2D eigenvalue weighted by Crippen LogP contribution is -2.43. The Morgan fingerprint density at radius 1 is 1.05 bits per heavy atom. The van der Waals surface area contributed by atoms with E-state index in [4.69, 9.17) is 4.98 Å². The Balaban J connectivity index is 0.00000400. The summed E-state index contributed by atoms with van der Waals surface area (Å²) >= 11 is 1.51. The molecule has 0 radical (unpaired) electrons. The van der Waals surface area contributed by atoms with Crippen molar-refractivity contribution in [2.75, 3.05) is 37.6 Å². The fourth-order valence-corrected chi connectivity index (χ4v) is 7.85. The molecule has 1 aromatic heterocycles. The van der Waals surface area contributed by atoms with Crippen LogP contribution >= 0.6 is 23.7 Å². The van der Waals surface area contributed by atoms with Crippen molar-refractivity contribution in [2.45, 2.75) is 64.3 Å². The summed E-state index contributed by atoms with van der Waals surface area (Å²) in [6, 6.07) is 12.5. The topological polar surface area (TPSA) is 73.8 Å². The van der Waals surface area contributed by atoms with Gasteiger partial charge < -0.3 is 4.90 Å². The first-order valence-corrected chi connectivity index (χ1v) is 15.6. The van der Waals surface area contributed by atoms with Crippen LogP contribution in [0.4, 0.5) is 5.13 Å². The van der Waals surface area contributed by atoms with Crippen molar-refractivity contribution < 1.29 is 13.2 Å². The second kappa shape index (κ2) is 13.3. The van der Waals surface area contributed by atoms with Gasteiger partial charge in [-0.25, -0.2) is 13.4 Å². The number of hydrogen-bond acceptors (Lipinski definition) is 6. The van der Waals surface area contributed by atoms with Crippen LogP contribution in [0.2, 0.25) is 0 Å². The van der Waals surface area contributed by atoms with Crippen LogP contribution in [0.5, 0.6) is 0 Å². The zero-order valence-corrected chi connectivity index (χ0v) is 25.2. The van der Waals surface area contributed by atoms with Gasteiger partial charge in [-0.05, 0) is 75.2 Å². The Morgan fingerprint density at radius 3 is 2.39 bits per heavy atom. The van der Waals surface area contributed by atoms with Crippen molar-refractivity contribution in [3.05, 3.63) is 53.6 Å². The highest BCUT2D eigenvalue weighted by Crippen LogP contribution is 2.32. The normalized spacial score (nSPS) is 16.5. The van der Waals surface area contributed by atoms with Gasteiger partial charge in [-0.15, -0.1) is 12.4 Å². The van der Waals surface area contributed by atoms with Gasteiger partial charge in [-0.1, -0.05) is 50.7 Å². The molecule has 2 heterocycles. The van der Waals surface area contributed by atoms with Gasteiger partial charge in [0.25, 0.3) is 5.91 Å². The highest BCUT2D eigenvalue weighted by molar-refractivity contribution is 7.89. The highest BCUT2D eigenvalue weighted by atomic mass is 35.5. The predicted molar refractivity (Wildman–Crippen MR) is 159 cm³/mol. The first-order valence-electron chi connectivity index (χ1n) is 13.3. The Labute approximate surface area is 237 Å². The fraction of sp³-hybridized carbons (Fsp3) is 0.500. The van der Waals surface area contributed by atoms with Gasteiger partial charge in [-0.2, -0.15) is 4.31 Å². The minimum Gasteiger partial charge on any atom is -0.302 e. The molecule has 0 aliphatic carbocycles. The zero-order valence-electron chi connectivity index (χ0n) is 22.7. The van der Waals surface area contributed by atoms with E-state index in [1.165, 1.54) is 11.3 Å². The third kappa shape index (κ3) is 6.39. The van der Waals surface area contributed by atoms with E-state index in [9.17, 15) is 13.2 Å². The van der Waals surface area contributed by atoms with Crippen LogP contribution < -0.4 is 4.90 Å². The summed E-state index contributed by atoms with van der Waals surface area (Å²) in [6.45, 7) is 11.9. The summed E-state index contributed by atoms with van der Waals surface area (Å²) in [6.07, 6.45) is 3.65. The predicted octanol–water partition coefficient (Wildman–Crippen LogP) is 5.97. The SMILES string of the molecule is CCC1CCCCN1S(=O)(=O)c1ccc(C(=O)N(CCN(CC)CC)c2nc3c(C)cccc3s2)cc1.Cl. The first kappa shape index (κ1) is 30.5. The number of nitrogens with zero attached hydrogens (tertiary/aromatic N) is 4. The van der Waals surface area contributed by atoms with E-state index < -0.39 is 10.0 Å². The number of amides is 1. The van der Waals surface area contributed by atoms with E-state index in [-0.39, 0.29) is 29.3 Å². The molecule has 0 bridgehead atoms. The third-order valence-electron chi connectivity index (χ3n) is 7.37. The lowest BCUT2D eigenvalue weighted by Gasteiger charge is -2.34. The highest BCUT2D eigenvalue weighted by Gasteiger charge is 2.32. The summed E-state index contributed by atoms with van der Waals surface area (Å²) in [5, 5.41) is 0.664. The molecule has 2 aromatic carbocycles. The summed E-state index contributed by atoms with van der Waals surface area (Å²) in [4.78, 5) is 22.9. The second-order valence-electron chi connectivity index (χ2n) is 9.60. The zero-order chi connectivity index (χ0) is 26.6. The number of benzene rings is 2. The number of para-hydroxylation sites is 1. The number of rotatable bonds is 10. The lowest BCUT2D eigenvalue weighted by molar-refractivity contribution is 0.0983. The van der Waals surface area contributed by atoms with Crippen LogP contribution in [-0.2, 0) is 10.0 Å². The van der Waals surface area contributed by atoms with Crippen molar-refractivity contribution >= 4 is 55.0 Å². The Bertz CT molecular complexity index is 1320. The molecule has 4 rings (SSSR count). The van der Waals surface area contributed by atoms with E-state index in [2.05, 4.69) is 18.7 Å². The summed E-state index contributed by atoms with van der Waals surface area (Å²) in [5.41, 5.74) is 2.45. The van der Waals surface area contributed by atoms with Crippen LogP contribution in [-0.4, -0.2) is 67.3 Å². The second-order valence-corrected chi connectivity index (χ2v) is 12.5. The minimum atomic E-state index is -3.60. The van der Waals surface area contributed by atoms with Gasteiger partial charge in [0.05, 0.1) is 15.1 Å². The Morgan fingerprint density at radius 2 is 1.76 bits per heavy atom. The maximum atomic E-state index is 13.8. The van der Waals surface area contributed by atoms with Crippen molar-refractivity contribution in [1.29, 1.82) is 0 Å². The number of halogens is 1. The summed E-state index contributed by atoms with van der Waals surface area (Å²) < 4.78 is 29.5. The standard InChI is InChI=1S/C28H38N4O3S2.ClH/c1-5-23-12-8-9-18-32(23)37(34,35)24-16-14-22(15-17-24)27(33)31(20-19-30(6-2)7-3)28-29-26-21(4)11-10-13-25(26)36-28;/h10-11,13-17,23H,5-9,12,18-20H2,1-4H3;1H. The summed E-state index contributed by atoms with van der Waals surface area (Å²) in [5.74, 6) is -0.169. The molecule has 1 atom stereocenters. The molecule has 3 aromatic rings. The molecule has 1 fully saturated rings. The van der Waals surface area contributed by atoms with Gasteiger partial charge in [0.1, 0.15) is 0 Å². The van der Waals surface area contributed by atoms with Crippen LogP contribution in [0, 0.1) is 6.92 Å². The van der Waals surface area contributed by atoms with Gasteiger partial charge >= 0.3 is 0 Å². The van der Waals surface area contributed by atoms with Gasteiger partial charge in [0.15, 0.2) is 5.13 Å². The number of piperidine rings is 1. The molecular weight excluding hydrogens is 540 g/mol. The molecule has 0 spiro atoms. The first-order chi connectivity index (χ1) is 17.8. The fourth-order valence-electron chi connectivity index (χ4n) is 5.01. The maximum absolute atomic E-state index is 13.8. The molecule has 1 aliphatic heterocycles. The number of aryl methyl sites for hydroxylation is 1. The maximum Gasteiger partial charge on any atom is 0.260 e. The number of anilines is 1. The van der Waals surface area contributed by atoms with E-state index in [1.807, 2.05) is 32.0 Å². The van der Waals surface area contributed by atoms with Crippen LogP contribution in [0.3, 0.4) is 0 Å². The average Bonchev–Trinajstić information content (AvgIpc) is 3.36. The van der Waals surface area contributed by atoms with E-state index in [1.54, 1.807) is 33.5 Å². The van der Waals surface area contributed by atoms with Crippen LogP contribution in [0.15, 0.2) is 47.4 Å². The van der Waals surface area contributed by atoms with Crippen molar-refractivity contribution in [3.63, 3.8) is 0 Å². The number of thiazole rings is 1. The van der Waals surface area contributed by atoms with E-state index >= 15 is 0 Å². The number of likely N-dealkylation sites (N-methyl/N-ethyl adjacent to an activating group) is 1. The smallest absolute Gasteiger partial charge is 0.260 e. The molecule has 208 valence electrons. The van der Waals surface area contributed by atoms with Gasteiger partial charge in [-0.3, -0.25) is 9.69 Å². The Kier molecular flexibility index (Phi) is 10.7. The number of carbonyl (C=O) groups excluding carboxylic acids is 1. The molecule has 1 aliphatic rings. The molecule has 7 nitrogen and oxygen atoms in total. The summed E-state index contributed by atoms with van der Waals surface area (Å²) in [7, 11) is -3.60. The van der Waals surface area contributed by atoms with E-state index in [0.717, 1.165) is 61.1 Å². The third-order valence-corrected chi connectivity index (χ3v) is 10.4. The van der Waals surface area contributed by atoms with Crippen molar-refractivity contribution in [3.8, 4) is 0 Å². The molecule has 0 saturated carbocycles. The number of fused-ring (bicyclic) bond motifs is 1. The van der Waals surface area contributed by atoms with Crippen LogP contribution in [0.1, 0.15) is 62.4 Å². The molecule has 0 N–H and O–H groups in total.